The molecule has 3 rings (SSSR count). The molecule has 0 atom stereocenters. The summed E-state index contributed by atoms with van der Waals surface area (Å²) < 4.78 is 0. The number of benzene rings is 2. The lowest BCUT2D eigenvalue weighted by atomic mass is 10.2. The van der Waals surface area contributed by atoms with Crippen molar-refractivity contribution in [3.8, 4) is 0 Å². The highest BCUT2D eigenvalue weighted by atomic mass is 16.6. The van der Waals surface area contributed by atoms with Crippen LogP contribution in [0, 0.1) is 17.0 Å². The molecule has 0 amide bonds. The van der Waals surface area contributed by atoms with E-state index in [1.165, 1.54) is 6.33 Å². The predicted octanol–water partition coefficient (Wildman–Crippen LogP) is 4.18. The Labute approximate surface area is 138 Å². The van der Waals surface area contributed by atoms with Gasteiger partial charge in [-0.2, -0.15) is 0 Å². The van der Waals surface area contributed by atoms with Crippen molar-refractivity contribution >= 4 is 28.7 Å². The molecule has 1 aromatic heterocycles. The van der Waals surface area contributed by atoms with Crippen molar-refractivity contribution in [2.24, 2.45) is 0 Å². The van der Waals surface area contributed by atoms with Crippen LogP contribution in [0.4, 0.5) is 28.7 Å². The zero-order chi connectivity index (χ0) is 16.9. The van der Waals surface area contributed by atoms with E-state index in [4.69, 9.17) is 0 Å². The third-order valence-electron chi connectivity index (χ3n) is 3.44. The topological polar surface area (TPSA) is 93.0 Å². The lowest BCUT2D eigenvalue weighted by Gasteiger charge is -2.11. The third kappa shape index (κ3) is 3.30. The van der Waals surface area contributed by atoms with Gasteiger partial charge in [0.05, 0.1) is 4.92 Å². The number of nitro groups is 1. The summed E-state index contributed by atoms with van der Waals surface area (Å²) in [6.07, 6.45) is 1.29. The second-order valence-electron chi connectivity index (χ2n) is 5.11. The molecule has 7 nitrogen and oxygen atoms in total. The van der Waals surface area contributed by atoms with Gasteiger partial charge in [-0.1, -0.05) is 36.4 Å². The molecule has 0 fully saturated rings. The number of hydrogen-bond acceptors (Lipinski definition) is 6. The maximum Gasteiger partial charge on any atom is 0.353 e. The molecule has 0 aliphatic heterocycles. The van der Waals surface area contributed by atoms with Crippen molar-refractivity contribution in [1.29, 1.82) is 0 Å². The summed E-state index contributed by atoms with van der Waals surface area (Å²) >= 11 is 0. The Bertz CT molecular complexity index is 868. The van der Waals surface area contributed by atoms with E-state index in [9.17, 15) is 10.1 Å². The molecule has 7 heteroatoms. The average molecular weight is 321 g/mol. The van der Waals surface area contributed by atoms with Gasteiger partial charge in [0.1, 0.15) is 6.33 Å². The number of nitrogens with zero attached hydrogens (tertiary/aromatic N) is 3. The summed E-state index contributed by atoms with van der Waals surface area (Å²) in [7, 11) is 0. The summed E-state index contributed by atoms with van der Waals surface area (Å²) in [5.74, 6) is 0.278. The minimum Gasteiger partial charge on any atom is -0.334 e. The lowest BCUT2D eigenvalue weighted by molar-refractivity contribution is -0.383. The molecule has 0 bridgehead atoms. The number of rotatable bonds is 5. The van der Waals surface area contributed by atoms with Gasteiger partial charge in [-0.25, -0.2) is 9.97 Å². The minimum absolute atomic E-state index is 0.136. The van der Waals surface area contributed by atoms with Gasteiger partial charge < -0.3 is 10.6 Å². The Balaban J connectivity index is 1.99. The Morgan fingerprint density at radius 1 is 0.917 bits per heavy atom. The van der Waals surface area contributed by atoms with E-state index in [2.05, 4.69) is 20.6 Å². The van der Waals surface area contributed by atoms with E-state index >= 15 is 0 Å². The third-order valence-corrected chi connectivity index (χ3v) is 3.44. The number of aromatic nitrogens is 2. The fraction of sp³-hybridized carbons (Fsp3) is 0.0588. The lowest BCUT2D eigenvalue weighted by Crippen LogP contribution is -2.06. The van der Waals surface area contributed by atoms with Gasteiger partial charge in [-0.3, -0.25) is 10.1 Å². The van der Waals surface area contributed by atoms with Gasteiger partial charge in [-0.05, 0) is 30.7 Å². The Hall–Kier alpha value is -3.48. The second-order valence-corrected chi connectivity index (χ2v) is 5.11. The van der Waals surface area contributed by atoms with E-state index in [0.29, 0.717) is 5.69 Å². The first kappa shape index (κ1) is 15.4. The normalized spacial score (nSPS) is 10.2. The fourth-order valence-electron chi connectivity index (χ4n) is 2.23. The van der Waals surface area contributed by atoms with Gasteiger partial charge in [0.25, 0.3) is 0 Å². The molecular weight excluding hydrogens is 306 g/mol. The molecule has 3 aromatic rings. The molecule has 0 radical (unpaired) electrons. The van der Waals surface area contributed by atoms with Crippen LogP contribution in [0.2, 0.25) is 0 Å². The molecule has 24 heavy (non-hydrogen) atoms. The zero-order valence-electron chi connectivity index (χ0n) is 12.9. The first-order valence-electron chi connectivity index (χ1n) is 7.29. The van der Waals surface area contributed by atoms with Crippen LogP contribution >= 0.6 is 0 Å². The molecule has 1 heterocycles. The molecule has 0 unspecified atom stereocenters. The average Bonchev–Trinajstić information content (AvgIpc) is 2.58. The molecule has 2 aromatic carbocycles. The monoisotopic (exact) mass is 321 g/mol. The quantitative estimate of drug-likeness (QED) is 0.541. The van der Waals surface area contributed by atoms with Crippen LogP contribution in [0.15, 0.2) is 60.9 Å². The highest BCUT2D eigenvalue weighted by molar-refractivity contribution is 5.77. The summed E-state index contributed by atoms with van der Waals surface area (Å²) in [6.45, 7) is 1.92. The second kappa shape index (κ2) is 6.74. The van der Waals surface area contributed by atoms with E-state index in [-0.39, 0.29) is 17.3 Å². The summed E-state index contributed by atoms with van der Waals surface area (Å²) in [5, 5.41) is 17.5. The molecule has 2 N–H and O–H groups in total. The first-order chi connectivity index (χ1) is 11.6. The molecular formula is C17H15N5O2. The van der Waals surface area contributed by atoms with E-state index < -0.39 is 4.92 Å². The van der Waals surface area contributed by atoms with Gasteiger partial charge in [-0.15, -0.1) is 0 Å². The number of nitrogens with one attached hydrogen (secondary N) is 2. The maximum absolute atomic E-state index is 11.6. The SMILES string of the molecule is Cc1ccccc1Nc1ncnc(Nc2ccccc2)c1[N+](=O)[O-]. The van der Waals surface area contributed by atoms with Gasteiger partial charge in [0.2, 0.25) is 11.6 Å². The Morgan fingerprint density at radius 3 is 2.21 bits per heavy atom. The Morgan fingerprint density at radius 2 is 1.54 bits per heavy atom. The minimum atomic E-state index is -0.494. The van der Waals surface area contributed by atoms with Gasteiger partial charge in [0, 0.05) is 11.4 Å². The maximum atomic E-state index is 11.6. The van der Waals surface area contributed by atoms with Crippen LogP contribution in [0.3, 0.4) is 0 Å². The molecule has 0 aliphatic rings. The van der Waals surface area contributed by atoms with Crippen LogP contribution in [0.1, 0.15) is 5.56 Å². The molecule has 0 saturated carbocycles. The fourth-order valence-corrected chi connectivity index (χ4v) is 2.23. The van der Waals surface area contributed by atoms with Crippen LogP contribution < -0.4 is 10.6 Å². The van der Waals surface area contributed by atoms with E-state index in [1.807, 2.05) is 49.4 Å². The van der Waals surface area contributed by atoms with Crippen molar-refractivity contribution in [3.05, 3.63) is 76.6 Å². The summed E-state index contributed by atoms with van der Waals surface area (Å²) in [4.78, 5) is 19.1. The van der Waals surface area contributed by atoms with Crippen molar-refractivity contribution in [2.75, 3.05) is 10.6 Å². The van der Waals surface area contributed by atoms with Crippen molar-refractivity contribution in [2.45, 2.75) is 6.92 Å². The van der Waals surface area contributed by atoms with Crippen LogP contribution in [0.5, 0.6) is 0 Å². The predicted molar refractivity (Wildman–Crippen MR) is 92.9 cm³/mol. The van der Waals surface area contributed by atoms with Crippen molar-refractivity contribution in [3.63, 3.8) is 0 Å². The molecule has 0 saturated heterocycles. The van der Waals surface area contributed by atoms with Crippen LogP contribution in [-0.4, -0.2) is 14.9 Å². The van der Waals surface area contributed by atoms with E-state index in [0.717, 1.165) is 11.3 Å². The van der Waals surface area contributed by atoms with E-state index in [1.54, 1.807) is 12.1 Å². The van der Waals surface area contributed by atoms with Gasteiger partial charge >= 0.3 is 5.69 Å². The summed E-state index contributed by atoms with van der Waals surface area (Å²) in [6, 6.07) is 16.7. The number of aryl methyl sites for hydroxylation is 1. The zero-order valence-corrected chi connectivity index (χ0v) is 12.9. The molecule has 120 valence electrons. The summed E-state index contributed by atoms with van der Waals surface area (Å²) in [5.41, 5.74) is 2.22. The van der Waals surface area contributed by atoms with Crippen molar-refractivity contribution in [1.82, 2.24) is 9.97 Å². The first-order valence-corrected chi connectivity index (χ1v) is 7.29. The van der Waals surface area contributed by atoms with Crippen molar-refractivity contribution < 1.29 is 4.92 Å². The highest BCUT2D eigenvalue weighted by Gasteiger charge is 2.23. The standard InChI is InChI=1S/C17H15N5O2/c1-12-7-5-6-10-14(12)21-17-15(22(23)24)16(18-11-19-17)20-13-8-3-2-4-9-13/h2-11H,1H3,(H2,18,19,20,21). The highest BCUT2D eigenvalue weighted by Crippen LogP contribution is 2.33. The molecule has 0 aliphatic carbocycles. The number of hydrogen-bond donors (Lipinski definition) is 2. The van der Waals surface area contributed by atoms with Crippen LogP contribution in [0.25, 0.3) is 0 Å². The smallest absolute Gasteiger partial charge is 0.334 e. The van der Waals surface area contributed by atoms with Gasteiger partial charge in [0.15, 0.2) is 0 Å². The molecule has 0 spiro atoms. The van der Waals surface area contributed by atoms with Crippen LogP contribution in [-0.2, 0) is 0 Å². The number of para-hydroxylation sites is 2. The Kier molecular flexibility index (Phi) is 4.33. The number of anilines is 4. The largest absolute Gasteiger partial charge is 0.353 e.